The zero-order chi connectivity index (χ0) is 19.9. The van der Waals surface area contributed by atoms with Crippen molar-refractivity contribution in [2.45, 2.75) is 19.3 Å². The number of carbonyl (C=O) groups is 2. The number of H-pyrrole nitrogens is 1. The van der Waals surface area contributed by atoms with E-state index in [-0.39, 0.29) is 17.8 Å². The number of para-hydroxylation sites is 2. The van der Waals surface area contributed by atoms with Crippen LogP contribution in [-0.2, 0) is 14.9 Å². The Balaban J connectivity index is 1.50. The van der Waals surface area contributed by atoms with Gasteiger partial charge in [0, 0.05) is 47.0 Å². The summed E-state index contributed by atoms with van der Waals surface area (Å²) < 4.78 is 5.28. The van der Waals surface area contributed by atoms with Crippen molar-refractivity contribution in [2.24, 2.45) is 0 Å². The van der Waals surface area contributed by atoms with Gasteiger partial charge in [0.15, 0.2) is 12.4 Å². The SMILES string of the molecule is CN1C(=CC(=O)COC(=O)c2c[nH]c3ccccc23)C(C)(C)c2ccccc21. The van der Waals surface area contributed by atoms with Gasteiger partial charge in [-0.3, -0.25) is 4.79 Å². The molecular weight excluding hydrogens is 352 g/mol. The highest BCUT2D eigenvalue weighted by Gasteiger charge is 2.38. The number of ether oxygens (including phenoxy) is 1. The molecule has 0 amide bonds. The lowest BCUT2D eigenvalue weighted by Gasteiger charge is -2.23. The van der Waals surface area contributed by atoms with E-state index in [1.165, 1.54) is 5.56 Å². The van der Waals surface area contributed by atoms with Crippen molar-refractivity contribution in [2.75, 3.05) is 18.6 Å². The second kappa shape index (κ2) is 6.68. The molecule has 2 heterocycles. The normalized spacial score (nSPS) is 16.4. The van der Waals surface area contributed by atoms with E-state index in [0.29, 0.717) is 5.56 Å². The van der Waals surface area contributed by atoms with Crippen LogP contribution in [-0.4, -0.2) is 30.4 Å². The number of likely N-dealkylation sites (N-methyl/N-ethyl adjacent to an activating group) is 1. The molecule has 5 heteroatoms. The molecule has 4 rings (SSSR count). The van der Waals surface area contributed by atoms with Gasteiger partial charge in [0.1, 0.15) is 0 Å². The minimum Gasteiger partial charge on any atom is -0.454 e. The number of allylic oxidation sites excluding steroid dienone is 1. The number of carbonyl (C=O) groups excluding carboxylic acids is 2. The summed E-state index contributed by atoms with van der Waals surface area (Å²) in [5.41, 5.74) is 4.15. The van der Waals surface area contributed by atoms with Gasteiger partial charge in [-0.15, -0.1) is 0 Å². The molecule has 1 aliphatic rings. The lowest BCUT2D eigenvalue weighted by atomic mass is 9.83. The Bertz CT molecular complexity index is 1110. The summed E-state index contributed by atoms with van der Waals surface area (Å²) in [6.45, 7) is 3.89. The third-order valence-corrected chi connectivity index (χ3v) is 5.39. The molecule has 0 radical (unpaired) electrons. The molecule has 2 aromatic carbocycles. The number of nitrogens with zero attached hydrogens (tertiary/aromatic N) is 1. The van der Waals surface area contributed by atoms with E-state index in [9.17, 15) is 9.59 Å². The van der Waals surface area contributed by atoms with Gasteiger partial charge in [0.25, 0.3) is 0 Å². The standard InChI is InChI=1S/C23H22N2O3/c1-23(2)18-9-5-7-11-20(18)25(3)21(23)12-15(26)14-28-22(27)17-13-24-19-10-6-4-8-16(17)19/h4-13,24H,14H2,1-3H3. The Hall–Kier alpha value is -3.34. The largest absolute Gasteiger partial charge is 0.454 e. The number of ketones is 1. The molecule has 0 unspecified atom stereocenters. The highest BCUT2D eigenvalue weighted by Crippen LogP contribution is 2.46. The van der Waals surface area contributed by atoms with Crippen molar-refractivity contribution < 1.29 is 14.3 Å². The summed E-state index contributed by atoms with van der Waals surface area (Å²) in [6.07, 6.45) is 3.20. The quantitative estimate of drug-likeness (QED) is 0.549. The minimum absolute atomic E-state index is 0.240. The molecule has 0 bridgehead atoms. The summed E-state index contributed by atoms with van der Waals surface area (Å²) in [5, 5.41) is 0.783. The van der Waals surface area contributed by atoms with Crippen molar-refractivity contribution in [3.8, 4) is 0 Å². The minimum atomic E-state index is -0.508. The van der Waals surface area contributed by atoms with E-state index in [1.807, 2.05) is 54.4 Å². The fourth-order valence-electron chi connectivity index (χ4n) is 3.91. The van der Waals surface area contributed by atoms with Gasteiger partial charge in [-0.2, -0.15) is 0 Å². The Kier molecular flexibility index (Phi) is 4.30. The molecule has 1 aliphatic heterocycles. The second-order valence-corrected chi connectivity index (χ2v) is 7.52. The molecule has 1 N–H and O–H groups in total. The fraction of sp³-hybridized carbons (Fsp3) is 0.217. The summed E-state index contributed by atoms with van der Waals surface area (Å²) in [7, 11) is 1.95. The molecule has 0 spiro atoms. The van der Waals surface area contributed by atoms with Crippen LogP contribution in [0.15, 0.2) is 66.5 Å². The van der Waals surface area contributed by atoms with Crippen LogP contribution in [0.2, 0.25) is 0 Å². The molecule has 3 aromatic rings. The van der Waals surface area contributed by atoms with Crippen LogP contribution in [0.25, 0.3) is 10.9 Å². The lowest BCUT2D eigenvalue weighted by Crippen LogP contribution is -2.25. The fourth-order valence-corrected chi connectivity index (χ4v) is 3.91. The number of anilines is 1. The number of nitrogens with one attached hydrogen (secondary N) is 1. The van der Waals surface area contributed by atoms with E-state index in [2.05, 4.69) is 24.9 Å². The van der Waals surface area contributed by atoms with Gasteiger partial charge in [0.05, 0.1) is 5.56 Å². The number of esters is 1. The summed E-state index contributed by atoms with van der Waals surface area (Å²) >= 11 is 0. The first-order valence-corrected chi connectivity index (χ1v) is 9.21. The van der Waals surface area contributed by atoms with Crippen molar-refractivity contribution >= 4 is 28.3 Å². The van der Waals surface area contributed by atoms with E-state index in [1.54, 1.807) is 12.3 Å². The van der Waals surface area contributed by atoms with Crippen LogP contribution in [0.1, 0.15) is 29.8 Å². The number of fused-ring (bicyclic) bond motifs is 2. The molecule has 142 valence electrons. The van der Waals surface area contributed by atoms with Gasteiger partial charge >= 0.3 is 5.97 Å². The predicted molar refractivity (Wildman–Crippen MR) is 110 cm³/mol. The number of hydrogen-bond donors (Lipinski definition) is 1. The number of aromatic amines is 1. The van der Waals surface area contributed by atoms with Gasteiger partial charge in [-0.25, -0.2) is 4.79 Å². The molecular formula is C23H22N2O3. The molecule has 0 saturated carbocycles. The average Bonchev–Trinajstić information content (AvgIpc) is 3.20. The molecule has 5 nitrogen and oxygen atoms in total. The number of hydrogen-bond acceptors (Lipinski definition) is 4. The molecule has 0 saturated heterocycles. The Morgan fingerprint density at radius 1 is 1.11 bits per heavy atom. The highest BCUT2D eigenvalue weighted by molar-refractivity contribution is 6.05. The lowest BCUT2D eigenvalue weighted by molar-refractivity contribution is -0.117. The number of benzene rings is 2. The van der Waals surface area contributed by atoms with Gasteiger partial charge in [0.2, 0.25) is 0 Å². The number of rotatable bonds is 4. The maximum atomic E-state index is 12.5. The topological polar surface area (TPSA) is 62.4 Å². The van der Waals surface area contributed by atoms with E-state index in [0.717, 1.165) is 22.3 Å². The van der Waals surface area contributed by atoms with Crippen LogP contribution >= 0.6 is 0 Å². The molecule has 0 fully saturated rings. The van der Waals surface area contributed by atoms with Crippen molar-refractivity contribution in [3.05, 3.63) is 77.6 Å². The van der Waals surface area contributed by atoms with Gasteiger partial charge < -0.3 is 14.6 Å². The predicted octanol–water partition coefficient (Wildman–Crippen LogP) is 4.21. The maximum absolute atomic E-state index is 12.5. The zero-order valence-electron chi connectivity index (χ0n) is 16.2. The van der Waals surface area contributed by atoms with Crippen LogP contribution in [0, 0.1) is 0 Å². The first kappa shape index (κ1) is 18.0. The second-order valence-electron chi connectivity index (χ2n) is 7.52. The first-order chi connectivity index (χ1) is 13.4. The van der Waals surface area contributed by atoms with Gasteiger partial charge in [-0.05, 0) is 17.7 Å². The average molecular weight is 374 g/mol. The van der Waals surface area contributed by atoms with E-state index < -0.39 is 5.97 Å². The third-order valence-electron chi connectivity index (χ3n) is 5.39. The van der Waals surface area contributed by atoms with Crippen molar-refractivity contribution in [3.63, 3.8) is 0 Å². The van der Waals surface area contributed by atoms with E-state index >= 15 is 0 Å². The zero-order valence-corrected chi connectivity index (χ0v) is 16.2. The Morgan fingerprint density at radius 3 is 2.61 bits per heavy atom. The summed E-state index contributed by atoms with van der Waals surface area (Å²) in [4.78, 5) is 30.0. The Labute approximate surface area is 163 Å². The molecule has 1 aromatic heterocycles. The summed E-state index contributed by atoms with van der Waals surface area (Å²) in [6, 6.07) is 15.6. The highest BCUT2D eigenvalue weighted by atomic mass is 16.5. The van der Waals surface area contributed by atoms with Crippen molar-refractivity contribution in [1.29, 1.82) is 0 Å². The van der Waals surface area contributed by atoms with Gasteiger partial charge in [-0.1, -0.05) is 50.2 Å². The van der Waals surface area contributed by atoms with Crippen LogP contribution in [0.5, 0.6) is 0 Å². The third kappa shape index (κ3) is 2.89. The molecule has 0 atom stereocenters. The number of aromatic nitrogens is 1. The van der Waals surface area contributed by atoms with E-state index in [4.69, 9.17) is 4.74 Å². The molecule has 28 heavy (non-hydrogen) atoms. The van der Waals surface area contributed by atoms with Crippen LogP contribution in [0.3, 0.4) is 0 Å². The molecule has 0 aliphatic carbocycles. The monoisotopic (exact) mass is 374 g/mol. The Morgan fingerprint density at radius 2 is 1.82 bits per heavy atom. The van der Waals surface area contributed by atoms with Crippen LogP contribution in [0.4, 0.5) is 5.69 Å². The first-order valence-electron chi connectivity index (χ1n) is 9.21. The maximum Gasteiger partial charge on any atom is 0.340 e. The smallest absolute Gasteiger partial charge is 0.340 e. The van der Waals surface area contributed by atoms with Crippen LogP contribution < -0.4 is 4.90 Å². The van der Waals surface area contributed by atoms with Crippen molar-refractivity contribution in [1.82, 2.24) is 4.98 Å². The summed E-state index contributed by atoms with van der Waals surface area (Å²) in [5.74, 6) is -0.748.